The fourth-order valence-corrected chi connectivity index (χ4v) is 2.90. The number of nitrogens with one attached hydrogen (secondary N) is 1. The molecule has 7 heteroatoms. The van der Waals surface area contributed by atoms with Gasteiger partial charge in [0, 0.05) is 14.7 Å². The Morgan fingerprint density at radius 1 is 1.58 bits per heavy atom. The minimum atomic E-state index is -0.463. The van der Waals surface area contributed by atoms with Crippen LogP contribution in [0.5, 0.6) is 0 Å². The third kappa shape index (κ3) is 3.45. The van der Waals surface area contributed by atoms with Gasteiger partial charge in [0.2, 0.25) is 0 Å². The Balaban J connectivity index is 2.17. The first-order valence-corrected chi connectivity index (χ1v) is 7.08. The number of rotatable bonds is 4. The standard InChI is InChI=1S/C12H12BrN3O2S/c1-18-12(17)10-3-8(14)4-15-11(10)16-5-9-2-7(13)6-19-9/h2-4,6H,5,14H2,1H3,(H,15,16). The fourth-order valence-electron chi connectivity index (χ4n) is 1.50. The van der Waals surface area contributed by atoms with Crippen LogP contribution in [-0.2, 0) is 11.3 Å². The van der Waals surface area contributed by atoms with Gasteiger partial charge >= 0.3 is 5.97 Å². The number of pyridine rings is 1. The molecule has 0 aromatic carbocycles. The van der Waals surface area contributed by atoms with Gasteiger partial charge in [0.25, 0.3) is 0 Å². The van der Waals surface area contributed by atoms with Crippen LogP contribution in [0.2, 0.25) is 0 Å². The largest absolute Gasteiger partial charge is 0.465 e. The molecule has 0 aliphatic rings. The highest BCUT2D eigenvalue weighted by molar-refractivity contribution is 9.10. The first kappa shape index (κ1) is 13.8. The molecule has 0 bridgehead atoms. The maximum atomic E-state index is 11.6. The Labute approximate surface area is 122 Å². The first-order chi connectivity index (χ1) is 9.10. The molecule has 0 saturated heterocycles. The number of nitrogens with zero attached hydrogens (tertiary/aromatic N) is 1. The van der Waals surface area contributed by atoms with Gasteiger partial charge in [0.1, 0.15) is 11.4 Å². The van der Waals surface area contributed by atoms with Crippen molar-refractivity contribution in [3.63, 3.8) is 0 Å². The predicted molar refractivity (Wildman–Crippen MR) is 79.3 cm³/mol. The van der Waals surface area contributed by atoms with Crippen molar-refractivity contribution in [3.05, 3.63) is 38.6 Å². The zero-order valence-electron chi connectivity index (χ0n) is 10.1. The zero-order valence-corrected chi connectivity index (χ0v) is 12.5. The predicted octanol–water partition coefficient (Wildman–Crippen LogP) is 2.89. The van der Waals surface area contributed by atoms with Crippen LogP contribution in [0.1, 0.15) is 15.2 Å². The van der Waals surface area contributed by atoms with Crippen molar-refractivity contribution in [2.24, 2.45) is 0 Å². The van der Waals surface area contributed by atoms with E-state index in [0.717, 1.165) is 9.35 Å². The number of esters is 1. The number of hydrogen-bond acceptors (Lipinski definition) is 6. The number of ether oxygens (including phenoxy) is 1. The second-order valence-electron chi connectivity index (χ2n) is 3.74. The molecule has 0 aliphatic carbocycles. The highest BCUT2D eigenvalue weighted by atomic mass is 79.9. The smallest absolute Gasteiger partial charge is 0.341 e. The van der Waals surface area contributed by atoms with Crippen LogP contribution in [-0.4, -0.2) is 18.1 Å². The first-order valence-electron chi connectivity index (χ1n) is 5.40. The van der Waals surface area contributed by atoms with E-state index >= 15 is 0 Å². The summed E-state index contributed by atoms with van der Waals surface area (Å²) in [6, 6.07) is 3.55. The summed E-state index contributed by atoms with van der Waals surface area (Å²) in [7, 11) is 1.33. The van der Waals surface area contributed by atoms with E-state index in [1.165, 1.54) is 13.3 Å². The highest BCUT2D eigenvalue weighted by Gasteiger charge is 2.13. The molecule has 2 aromatic rings. The molecular weight excluding hydrogens is 330 g/mol. The van der Waals surface area contributed by atoms with Gasteiger partial charge in [-0.3, -0.25) is 0 Å². The fraction of sp³-hybridized carbons (Fsp3) is 0.167. The van der Waals surface area contributed by atoms with Crippen LogP contribution < -0.4 is 11.1 Å². The number of methoxy groups -OCH3 is 1. The lowest BCUT2D eigenvalue weighted by atomic mass is 10.2. The average molecular weight is 342 g/mol. The molecule has 2 aromatic heterocycles. The van der Waals surface area contributed by atoms with Crippen molar-refractivity contribution in [1.82, 2.24) is 4.98 Å². The number of carbonyl (C=O) groups excluding carboxylic acids is 1. The minimum Gasteiger partial charge on any atom is -0.465 e. The summed E-state index contributed by atoms with van der Waals surface area (Å²) in [5, 5.41) is 5.10. The lowest BCUT2D eigenvalue weighted by Gasteiger charge is -2.09. The summed E-state index contributed by atoms with van der Waals surface area (Å²) in [6.45, 7) is 0.581. The highest BCUT2D eigenvalue weighted by Crippen LogP contribution is 2.22. The molecule has 0 aliphatic heterocycles. The average Bonchev–Trinajstić information content (AvgIpc) is 2.82. The van der Waals surface area contributed by atoms with E-state index in [2.05, 4.69) is 26.2 Å². The van der Waals surface area contributed by atoms with Crippen molar-refractivity contribution < 1.29 is 9.53 Å². The Morgan fingerprint density at radius 2 is 2.37 bits per heavy atom. The van der Waals surface area contributed by atoms with Gasteiger partial charge < -0.3 is 15.8 Å². The van der Waals surface area contributed by atoms with E-state index in [1.54, 1.807) is 17.4 Å². The van der Waals surface area contributed by atoms with Crippen molar-refractivity contribution in [1.29, 1.82) is 0 Å². The van der Waals surface area contributed by atoms with Gasteiger partial charge in [-0.15, -0.1) is 11.3 Å². The molecule has 0 radical (unpaired) electrons. The van der Waals surface area contributed by atoms with Crippen molar-refractivity contribution in [2.45, 2.75) is 6.54 Å². The van der Waals surface area contributed by atoms with Crippen LogP contribution in [0, 0.1) is 0 Å². The summed E-state index contributed by atoms with van der Waals surface area (Å²) in [4.78, 5) is 16.9. The summed E-state index contributed by atoms with van der Waals surface area (Å²) in [5.74, 6) is 0.000215. The molecule has 2 rings (SSSR count). The second kappa shape index (κ2) is 6.03. The number of halogens is 1. The summed E-state index contributed by atoms with van der Waals surface area (Å²) in [5.41, 5.74) is 6.38. The monoisotopic (exact) mass is 341 g/mol. The van der Waals surface area contributed by atoms with Gasteiger partial charge in [-0.05, 0) is 28.1 Å². The molecule has 5 nitrogen and oxygen atoms in total. The number of carbonyl (C=O) groups is 1. The van der Waals surface area contributed by atoms with E-state index in [4.69, 9.17) is 10.5 Å². The molecule has 0 atom stereocenters. The summed E-state index contributed by atoms with van der Waals surface area (Å²) < 4.78 is 5.74. The SMILES string of the molecule is COC(=O)c1cc(N)cnc1NCc1cc(Br)cs1. The number of aromatic nitrogens is 1. The van der Waals surface area contributed by atoms with Crippen LogP contribution >= 0.6 is 27.3 Å². The maximum absolute atomic E-state index is 11.6. The minimum absolute atomic E-state index is 0.332. The van der Waals surface area contributed by atoms with Crippen molar-refractivity contribution in [3.8, 4) is 0 Å². The lowest BCUT2D eigenvalue weighted by Crippen LogP contribution is -2.10. The second-order valence-corrected chi connectivity index (χ2v) is 5.65. The van der Waals surface area contributed by atoms with E-state index in [-0.39, 0.29) is 0 Å². The third-order valence-corrected chi connectivity index (χ3v) is 4.06. The van der Waals surface area contributed by atoms with Crippen LogP contribution in [0.15, 0.2) is 28.2 Å². The molecule has 19 heavy (non-hydrogen) atoms. The Hall–Kier alpha value is -1.60. The topological polar surface area (TPSA) is 77.2 Å². The summed E-state index contributed by atoms with van der Waals surface area (Å²) in [6.07, 6.45) is 1.50. The van der Waals surface area contributed by atoms with Crippen LogP contribution in [0.4, 0.5) is 11.5 Å². The van der Waals surface area contributed by atoms with Crippen LogP contribution in [0.3, 0.4) is 0 Å². The van der Waals surface area contributed by atoms with E-state index in [0.29, 0.717) is 23.6 Å². The molecule has 0 fully saturated rings. The van der Waals surface area contributed by atoms with Gasteiger partial charge in [0.05, 0.1) is 25.5 Å². The maximum Gasteiger partial charge on any atom is 0.341 e. The normalized spacial score (nSPS) is 10.2. The van der Waals surface area contributed by atoms with E-state index in [9.17, 15) is 4.79 Å². The molecule has 100 valence electrons. The molecule has 2 heterocycles. The summed E-state index contributed by atoms with van der Waals surface area (Å²) >= 11 is 5.01. The van der Waals surface area contributed by atoms with Crippen LogP contribution in [0.25, 0.3) is 0 Å². The third-order valence-electron chi connectivity index (χ3n) is 2.37. The van der Waals surface area contributed by atoms with Crippen molar-refractivity contribution in [2.75, 3.05) is 18.2 Å². The molecule has 3 N–H and O–H groups in total. The van der Waals surface area contributed by atoms with E-state index in [1.807, 2.05) is 11.4 Å². The lowest BCUT2D eigenvalue weighted by molar-refractivity contribution is 0.0601. The number of hydrogen-bond donors (Lipinski definition) is 2. The number of anilines is 2. The molecule has 0 amide bonds. The molecular formula is C12H12BrN3O2S. The molecule has 0 saturated carbocycles. The van der Waals surface area contributed by atoms with Gasteiger partial charge in [0.15, 0.2) is 0 Å². The Morgan fingerprint density at radius 3 is 3.00 bits per heavy atom. The van der Waals surface area contributed by atoms with Gasteiger partial charge in [-0.1, -0.05) is 0 Å². The van der Waals surface area contributed by atoms with Gasteiger partial charge in [-0.2, -0.15) is 0 Å². The quantitative estimate of drug-likeness (QED) is 0.836. The number of nitrogen functional groups attached to an aromatic ring is 1. The Bertz CT molecular complexity index is 600. The zero-order chi connectivity index (χ0) is 13.8. The molecule has 0 unspecified atom stereocenters. The van der Waals surface area contributed by atoms with Crippen molar-refractivity contribution >= 4 is 44.7 Å². The number of thiophene rings is 1. The Kier molecular flexibility index (Phi) is 4.39. The number of nitrogens with two attached hydrogens (primary N) is 1. The van der Waals surface area contributed by atoms with Gasteiger partial charge in [-0.25, -0.2) is 9.78 Å². The van der Waals surface area contributed by atoms with E-state index < -0.39 is 5.97 Å². The molecule has 0 spiro atoms.